The molecule has 0 aromatic heterocycles. The molecule has 0 aliphatic rings. The van der Waals surface area contributed by atoms with E-state index in [1.54, 1.807) is 6.07 Å². The van der Waals surface area contributed by atoms with Crippen LogP contribution < -0.4 is 0 Å². The molecule has 0 nitrogen and oxygen atoms in total. The topological polar surface area (TPSA) is 0 Å². The highest BCUT2D eigenvalue weighted by Crippen LogP contribution is 2.28. The van der Waals surface area contributed by atoms with Crippen molar-refractivity contribution in [2.45, 2.75) is 51.4 Å². The van der Waals surface area contributed by atoms with Crippen molar-refractivity contribution in [3.8, 4) is 11.8 Å². The molecule has 0 spiro atoms. The van der Waals surface area contributed by atoms with Crippen molar-refractivity contribution < 1.29 is 4.39 Å². The summed E-state index contributed by atoms with van der Waals surface area (Å²) < 4.78 is 13.9. The second-order valence-corrected chi connectivity index (χ2v) is 11.1. The van der Waals surface area contributed by atoms with E-state index in [0.717, 1.165) is 24.8 Å². The predicted molar refractivity (Wildman–Crippen MR) is 79.8 cm³/mol. The van der Waals surface area contributed by atoms with Crippen LogP contribution in [-0.2, 0) is 0 Å². The van der Waals surface area contributed by atoms with Crippen LogP contribution >= 0.6 is 0 Å². The summed E-state index contributed by atoms with van der Waals surface area (Å²) in [6.45, 7) is 8.91. The summed E-state index contributed by atoms with van der Waals surface area (Å²) >= 11 is 0. The minimum atomic E-state index is -1.53. The first kappa shape index (κ1) is 15.0. The van der Waals surface area contributed by atoms with Gasteiger partial charge in [-0.05, 0) is 18.1 Å². The molecule has 0 bridgehead atoms. The first-order chi connectivity index (χ1) is 8.46. The van der Waals surface area contributed by atoms with Gasteiger partial charge in [0, 0.05) is 12.0 Å². The van der Waals surface area contributed by atoms with Gasteiger partial charge in [0.15, 0.2) is 0 Å². The Bertz CT molecular complexity index is 434. The number of hydrogen-bond acceptors (Lipinski definition) is 0. The molecule has 0 fully saturated rings. The summed E-state index contributed by atoms with van der Waals surface area (Å²) in [6, 6.07) is 7.06. The van der Waals surface area contributed by atoms with Crippen LogP contribution in [0.5, 0.6) is 0 Å². The van der Waals surface area contributed by atoms with Gasteiger partial charge in [-0.25, -0.2) is 4.39 Å². The molecule has 0 heterocycles. The molecule has 2 heteroatoms. The van der Waals surface area contributed by atoms with Crippen molar-refractivity contribution in [2.24, 2.45) is 0 Å². The molecular formula is C16H23FSi. The fraction of sp³-hybridized carbons (Fsp3) is 0.500. The number of halogens is 1. The van der Waals surface area contributed by atoms with Crippen LogP contribution in [0.25, 0.3) is 0 Å². The summed E-state index contributed by atoms with van der Waals surface area (Å²) in [7, 11) is -1.53. The maximum atomic E-state index is 13.9. The normalized spacial score (nSPS) is 12.7. The molecule has 18 heavy (non-hydrogen) atoms. The highest BCUT2D eigenvalue weighted by Gasteiger charge is 2.28. The number of hydrogen-bond donors (Lipinski definition) is 0. The van der Waals surface area contributed by atoms with Crippen LogP contribution in [0.4, 0.5) is 4.39 Å². The SMILES string of the molecule is CCCCC#CC(c1ccccc1F)[Si](C)(C)C. The molecule has 1 unspecified atom stereocenters. The largest absolute Gasteiger partial charge is 0.207 e. The van der Waals surface area contributed by atoms with Crippen molar-refractivity contribution in [3.63, 3.8) is 0 Å². The smallest absolute Gasteiger partial charge is 0.127 e. The monoisotopic (exact) mass is 262 g/mol. The van der Waals surface area contributed by atoms with Gasteiger partial charge in [0.1, 0.15) is 5.82 Å². The molecule has 0 saturated heterocycles. The van der Waals surface area contributed by atoms with Gasteiger partial charge in [-0.15, -0.1) is 5.92 Å². The fourth-order valence-corrected chi connectivity index (χ4v) is 3.61. The summed E-state index contributed by atoms with van der Waals surface area (Å²) in [5.41, 5.74) is 0.872. The molecule has 0 aliphatic heterocycles. The first-order valence-electron chi connectivity index (χ1n) is 6.69. The maximum absolute atomic E-state index is 13.9. The molecule has 0 amide bonds. The molecule has 1 rings (SSSR count). The van der Waals surface area contributed by atoms with Crippen molar-refractivity contribution in [1.82, 2.24) is 0 Å². The standard InChI is InChI=1S/C16H23FSi/c1-5-6-7-8-13-16(18(2,3)4)14-11-9-10-12-15(14)17/h9-12,16H,5-7H2,1-4H3. The highest BCUT2D eigenvalue weighted by molar-refractivity contribution is 6.78. The molecule has 0 radical (unpaired) electrons. The molecule has 0 aliphatic carbocycles. The molecule has 1 atom stereocenters. The molecule has 0 saturated carbocycles. The Kier molecular flexibility index (Phi) is 5.62. The van der Waals surface area contributed by atoms with E-state index < -0.39 is 8.07 Å². The summed E-state index contributed by atoms with van der Waals surface area (Å²) in [5, 5.41) is 0. The highest BCUT2D eigenvalue weighted by atomic mass is 28.3. The third-order valence-electron chi connectivity index (χ3n) is 2.98. The lowest BCUT2D eigenvalue weighted by Crippen LogP contribution is -2.30. The quantitative estimate of drug-likeness (QED) is 0.408. The van der Waals surface area contributed by atoms with Crippen LogP contribution in [-0.4, -0.2) is 8.07 Å². The average molecular weight is 262 g/mol. The molecule has 98 valence electrons. The van der Waals surface area contributed by atoms with E-state index in [9.17, 15) is 4.39 Å². The van der Waals surface area contributed by atoms with Crippen LogP contribution in [0.15, 0.2) is 24.3 Å². The average Bonchev–Trinajstić information content (AvgIpc) is 2.29. The number of rotatable bonds is 4. The predicted octanol–water partition coefficient (Wildman–Crippen LogP) is 4.98. The van der Waals surface area contributed by atoms with Crippen molar-refractivity contribution in [3.05, 3.63) is 35.6 Å². The minimum absolute atomic E-state index is 0.0931. The Morgan fingerprint density at radius 1 is 1.22 bits per heavy atom. The van der Waals surface area contributed by atoms with Crippen LogP contribution in [0.2, 0.25) is 19.6 Å². The second-order valence-electron chi connectivity index (χ2n) is 5.75. The van der Waals surface area contributed by atoms with Crippen molar-refractivity contribution in [2.75, 3.05) is 0 Å². The first-order valence-corrected chi connectivity index (χ1v) is 10.3. The second kappa shape index (κ2) is 6.75. The third-order valence-corrected chi connectivity index (χ3v) is 5.17. The van der Waals surface area contributed by atoms with Gasteiger partial charge in [-0.3, -0.25) is 0 Å². The van der Waals surface area contributed by atoms with E-state index in [1.807, 2.05) is 12.1 Å². The van der Waals surface area contributed by atoms with Crippen LogP contribution in [0.3, 0.4) is 0 Å². The molecule has 1 aromatic rings. The Morgan fingerprint density at radius 2 is 1.89 bits per heavy atom. The Labute approximate surface area is 112 Å². The number of benzene rings is 1. The molecule has 1 aromatic carbocycles. The number of unbranched alkanes of at least 4 members (excludes halogenated alkanes) is 2. The third kappa shape index (κ3) is 4.31. The van der Waals surface area contributed by atoms with Gasteiger partial charge in [-0.2, -0.15) is 0 Å². The van der Waals surface area contributed by atoms with Crippen LogP contribution in [0.1, 0.15) is 37.3 Å². The fourth-order valence-electron chi connectivity index (χ4n) is 1.91. The Morgan fingerprint density at radius 3 is 2.44 bits per heavy atom. The van der Waals surface area contributed by atoms with E-state index in [4.69, 9.17) is 0 Å². The van der Waals surface area contributed by atoms with Gasteiger partial charge in [-0.1, -0.05) is 57.1 Å². The van der Waals surface area contributed by atoms with Crippen molar-refractivity contribution in [1.29, 1.82) is 0 Å². The van der Waals surface area contributed by atoms with Gasteiger partial charge in [0.05, 0.1) is 8.07 Å². The zero-order chi connectivity index (χ0) is 13.6. The van der Waals surface area contributed by atoms with E-state index in [1.165, 1.54) is 6.07 Å². The van der Waals surface area contributed by atoms with Gasteiger partial charge < -0.3 is 0 Å². The van der Waals surface area contributed by atoms with Crippen LogP contribution in [0, 0.1) is 17.7 Å². The zero-order valence-electron chi connectivity index (χ0n) is 11.9. The zero-order valence-corrected chi connectivity index (χ0v) is 12.9. The van der Waals surface area contributed by atoms with E-state index in [0.29, 0.717) is 0 Å². The lowest BCUT2D eigenvalue weighted by atomic mass is 10.1. The summed E-state index contributed by atoms with van der Waals surface area (Å²) in [4.78, 5) is 0. The van der Waals surface area contributed by atoms with E-state index >= 15 is 0 Å². The van der Waals surface area contributed by atoms with Gasteiger partial charge >= 0.3 is 0 Å². The van der Waals surface area contributed by atoms with E-state index in [-0.39, 0.29) is 11.4 Å². The van der Waals surface area contributed by atoms with Crippen molar-refractivity contribution >= 4 is 8.07 Å². The Hall–Kier alpha value is -1.07. The minimum Gasteiger partial charge on any atom is -0.207 e. The molecule has 0 N–H and O–H groups in total. The van der Waals surface area contributed by atoms with Gasteiger partial charge in [0.2, 0.25) is 0 Å². The lowest BCUT2D eigenvalue weighted by molar-refractivity contribution is 0.613. The summed E-state index contributed by atoms with van der Waals surface area (Å²) in [5.74, 6) is 6.44. The molecular weight excluding hydrogens is 239 g/mol. The van der Waals surface area contributed by atoms with E-state index in [2.05, 4.69) is 38.4 Å². The lowest BCUT2D eigenvalue weighted by Gasteiger charge is -2.25. The van der Waals surface area contributed by atoms with Gasteiger partial charge in [0.25, 0.3) is 0 Å². The summed E-state index contributed by atoms with van der Waals surface area (Å²) in [6.07, 6.45) is 3.21. The maximum Gasteiger partial charge on any atom is 0.127 e. The Balaban J connectivity index is 2.99.